The van der Waals surface area contributed by atoms with Crippen LogP contribution in [-0.2, 0) is 9.53 Å². The standard InChI is InChI=1S/C19H20N2O5/c1-12(2)14-5-7-15(8-6-14)19(23)26-11-18(22)20-17-10-16(21(24)25)9-4-13(17)3/h4-10,12H,11H2,1-3H3,(H,20,22). The molecule has 0 unspecified atom stereocenters. The van der Waals surface area contributed by atoms with Crippen molar-refractivity contribution in [3.8, 4) is 0 Å². The molecule has 0 aliphatic rings. The number of aryl methyl sites for hydroxylation is 1. The predicted octanol–water partition coefficient (Wildman–Crippen LogP) is 3.82. The van der Waals surface area contributed by atoms with Crippen LogP contribution in [0.1, 0.15) is 41.3 Å². The molecule has 0 spiro atoms. The summed E-state index contributed by atoms with van der Waals surface area (Å²) in [5, 5.41) is 13.3. The molecule has 2 aromatic rings. The normalized spacial score (nSPS) is 10.5. The summed E-state index contributed by atoms with van der Waals surface area (Å²) in [4.78, 5) is 34.2. The third-order valence-electron chi connectivity index (χ3n) is 3.85. The highest BCUT2D eigenvalue weighted by Crippen LogP contribution is 2.21. The molecule has 0 atom stereocenters. The predicted molar refractivity (Wildman–Crippen MR) is 97.3 cm³/mol. The summed E-state index contributed by atoms with van der Waals surface area (Å²) < 4.78 is 5.00. The molecule has 7 nitrogen and oxygen atoms in total. The Kier molecular flexibility index (Phi) is 6.06. The summed E-state index contributed by atoms with van der Waals surface area (Å²) >= 11 is 0. The van der Waals surface area contributed by atoms with E-state index in [-0.39, 0.29) is 5.69 Å². The van der Waals surface area contributed by atoms with Crippen LogP contribution in [0.2, 0.25) is 0 Å². The summed E-state index contributed by atoms with van der Waals surface area (Å²) in [7, 11) is 0. The van der Waals surface area contributed by atoms with Crippen LogP contribution in [0.15, 0.2) is 42.5 Å². The number of nitro benzene ring substituents is 1. The number of esters is 1. The zero-order valence-corrected chi connectivity index (χ0v) is 14.8. The average molecular weight is 356 g/mol. The van der Waals surface area contributed by atoms with Crippen LogP contribution in [0.4, 0.5) is 11.4 Å². The number of nitrogens with zero attached hydrogens (tertiary/aromatic N) is 1. The van der Waals surface area contributed by atoms with Gasteiger partial charge in [0.2, 0.25) is 0 Å². The van der Waals surface area contributed by atoms with E-state index < -0.39 is 23.4 Å². The smallest absolute Gasteiger partial charge is 0.338 e. The van der Waals surface area contributed by atoms with E-state index in [4.69, 9.17) is 4.74 Å². The van der Waals surface area contributed by atoms with Crippen molar-refractivity contribution in [1.29, 1.82) is 0 Å². The Bertz CT molecular complexity index is 828. The van der Waals surface area contributed by atoms with Crippen LogP contribution in [0.5, 0.6) is 0 Å². The number of amides is 1. The maximum atomic E-state index is 12.0. The molecule has 0 heterocycles. The second kappa shape index (κ2) is 8.24. The Morgan fingerprint density at radius 1 is 1.15 bits per heavy atom. The van der Waals surface area contributed by atoms with Gasteiger partial charge < -0.3 is 10.1 Å². The van der Waals surface area contributed by atoms with Crippen molar-refractivity contribution in [2.24, 2.45) is 0 Å². The van der Waals surface area contributed by atoms with Crippen molar-refractivity contribution in [1.82, 2.24) is 0 Å². The Labute approximate surface area is 151 Å². The van der Waals surface area contributed by atoms with E-state index in [0.717, 1.165) is 5.56 Å². The largest absolute Gasteiger partial charge is 0.452 e. The lowest BCUT2D eigenvalue weighted by atomic mass is 10.0. The molecule has 26 heavy (non-hydrogen) atoms. The average Bonchev–Trinajstić information content (AvgIpc) is 2.61. The number of nitrogens with one attached hydrogen (secondary N) is 1. The number of hydrogen-bond acceptors (Lipinski definition) is 5. The molecule has 0 radical (unpaired) electrons. The first-order chi connectivity index (χ1) is 12.3. The first-order valence-electron chi connectivity index (χ1n) is 8.10. The fraction of sp³-hybridized carbons (Fsp3) is 0.263. The van der Waals surface area contributed by atoms with Gasteiger partial charge in [-0.15, -0.1) is 0 Å². The van der Waals surface area contributed by atoms with Gasteiger partial charge in [0.1, 0.15) is 0 Å². The number of ether oxygens (including phenoxy) is 1. The van der Waals surface area contributed by atoms with Crippen molar-refractivity contribution in [3.05, 3.63) is 69.3 Å². The van der Waals surface area contributed by atoms with E-state index in [1.54, 1.807) is 19.1 Å². The van der Waals surface area contributed by atoms with Crippen LogP contribution in [0.25, 0.3) is 0 Å². The molecule has 2 rings (SSSR count). The lowest BCUT2D eigenvalue weighted by molar-refractivity contribution is -0.384. The fourth-order valence-electron chi connectivity index (χ4n) is 2.26. The lowest BCUT2D eigenvalue weighted by Gasteiger charge is -2.09. The molecule has 1 amide bonds. The molecule has 0 aromatic heterocycles. The number of benzene rings is 2. The van der Waals surface area contributed by atoms with E-state index in [9.17, 15) is 19.7 Å². The van der Waals surface area contributed by atoms with Gasteiger partial charge in [-0.25, -0.2) is 4.79 Å². The van der Waals surface area contributed by atoms with Crippen LogP contribution in [0, 0.1) is 17.0 Å². The number of anilines is 1. The molecule has 0 bridgehead atoms. The summed E-state index contributed by atoms with van der Waals surface area (Å²) in [6, 6.07) is 11.1. The summed E-state index contributed by atoms with van der Waals surface area (Å²) in [5.41, 5.74) is 2.29. The summed E-state index contributed by atoms with van der Waals surface area (Å²) in [6.45, 7) is 5.33. The van der Waals surface area contributed by atoms with E-state index >= 15 is 0 Å². The molecular formula is C19H20N2O5. The number of carbonyl (C=O) groups excluding carboxylic acids is 2. The number of hydrogen-bond donors (Lipinski definition) is 1. The molecule has 0 aliphatic carbocycles. The Morgan fingerprint density at radius 2 is 1.81 bits per heavy atom. The molecule has 136 valence electrons. The second-order valence-corrected chi connectivity index (χ2v) is 6.16. The van der Waals surface area contributed by atoms with Gasteiger partial charge in [-0.2, -0.15) is 0 Å². The minimum atomic E-state index is -0.605. The van der Waals surface area contributed by atoms with Gasteiger partial charge in [0.25, 0.3) is 11.6 Å². The lowest BCUT2D eigenvalue weighted by Crippen LogP contribution is -2.21. The van der Waals surface area contributed by atoms with Gasteiger partial charge in [0.05, 0.1) is 16.2 Å². The van der Waals surface area contributed by atoms with Crippen molar-refractivity contribution in [2.75, 3.05) is 11.9 Å². The minimum Gasteiger partial charge on any atom is -0.452 e. The van der Waals surface area contributed by atoms with Gasteiger partial charge in [0, 0.05) is 12.1 Å². The Balaban J connectivity index is 1.95. The van der Waals surface area contributed by atoms with Crippen molar-refractivity contribution in [2.45, 2.75) is 26.7 Å². The third-order valence-corrected chi connectivity index (χ3v) is 3.85. The van der Waals surface area contributed by atoms with E-state index in [1.165, 1.54) is 18.2 Å². The van der Waals surface area contributed by atoms with Crippen LogP contribution in [0.3, 0.4) is 0 Å². The SMILES string of the molecule is Cc1ccc([N+](=O)[O-])cc1NC(=O)COC(=O)c1ccc(C(C)C)cc1. The highest BCUT2D eigenvalue weighted by Gasteiger charge is 2.14. The highest BCUT2D eigenvalue weighted by molar-refractivity contribution is 5.96. The maximum Gasteiger partial charge on any atom is 0.338 e. The van der Waals surface area contributed by atoms with Gasteiger partial charge >= 0.3 is 5.97 Å². The molecule has 0 saturated heterocycles. The molecule has 0 aliphatic heterocycles. The first kappa shape index (κ1) is 19.1. The zero-order chi connectivity index (χ0) is 19.3. The number of rotatable bonds is 6. The minimum absolute atomic E-state index is 0.131. The Morgan fingerprint density at radius 3 is 2.38 bits per heavy atom. The van der Waals surface area contributed by atoms with Crippen molar-refractivity contribution < 1.29 is 19.2 Å². The topological polar surface area (TPSA) is 98.5 Å². The van der Waals surface area contributed by atoms with Crippen molar-refractivity contribution in [3.63, 3.8) is 0 Å². The fourth-order valence-corrected chi connectivity index (χ4v) is 2.26. The van der Waals surface area contributed by atoms with Gasteiger partial charge in [-0.05, 0) is 36.1 Å². The van der Waals surface area contributed by atoms with Gasteiger partial charge in [-0.1, -0.05) is 32.0 Å². The number of carbonyl (C=O) groups is 2. The van der Waals surface area contributed by atoms with Crippen LogP contribution in [-0.4, -0.2) is 23.4 Å². The quantitative estimate of drug-likeness (QED) is 0.482. The van der Waals surface area contributed by atoms with E-state index in [0.29, 0.717) is 22.7 Å². The summed E-state index contributed by atoms with van der Waals surface area (Å²) in [6.07, 6.45) is 0. The summed E-state index contributed by atoms with van der Waals surface area (Å²) in [5.74, 6) is -0.823. The van der Waals surface area contributed by atoms with Gasteiger partial charge in [0.15, 0.2) is 6.61 Å². The van der Waals surface area contributed by atoms with Crippen LogP contribution < -0.4 is 5.32 Å². The number of nitro groups is 1. The van der Waals surface area contributed by atoms with Crippen LogP contribution >= 0.6 is 0 Å². The second-order valence-electron chi connectivity index (χ2n) is 6.16. The molecule has 7 heteroatoms. The van der Waals surface area contributed by atoms with Gasteiger partial charge in [-0.3, -0.25) is 14.9 Å². The molecular weight excluding hydrogens is 336 g/mol. The molecule has 1 N–H and O–H groups in total. The molecule has 0 saturated carbocycles. The van der Waals surface area contributed by atoms with E-state index in [1.807, 2.05) is 26.0 Å². The number of non-ortho nitro benzene ring substituents is 1. The monoisotopic (exact) mass is 356 g/mol. The zero-order valence-electron chi connectivity index (χ0n) is 14.8. The highest BCUT2D eigenvalue weighted by atomic mass is 16.6. The third kappa shape index (κ3) is 4.89. The van der Waals surface area contributed by atoms with E-state index in [2.05, 4.69) is 5.32 Å². The van der Waals surface area contributed by atoms with Crippen molar-refractivity contribution >= 4 is 23.3 Å². The molecule has 0 fully saturated rings. The first-order valence-corrected chi connectivity index (χ1v) is 8.10. The maximum absolute atomic E-state index is 12.0. The molecule has 2 aromatic carbocycles. The Hall–Kier alpha value is -3.22.